The lowest BCUT2D eigenvalue weighted by atomic mass is 10.2. The Morgan fingerprint density at radius 2 is 1.96 bits per heavy atom. The number of carbonyl (C=O) groups excluding carboxylic acids is 1. The molecule has 1 heterocycles. The average Bonchev–Trinajstić information content (AvgIpc) is 3.04. The van der Waals surface area contributed by atoms with Crippen molar-refractivity contribution < 1.29 is 9.53 Å². The van der Waals surface area contributed by atoms with E-state index in [9.17, 15) is 4.79 Å². The minimum absolute atomic E-state index is 0.0789. The largest absolute Gasteiger partial charge is 0.486 e. The molecule has 0 aliphatic carbocycles. The number of benzene rings is 2. The first-order valence-electron chi connectivity index (χ1n) is 7.77. The predicted molar refractivity (Wildman–Crippen MR) is 101 cm³/mol. The Morgan fingerprint density at radius 1 is 1.20 bits per heavy atom. The summed E-state index contributed by atoms with van der Waals surface area (Å²) in [6.45, 7) is 2.33. The molecule has 128 valence electrons. The van der Waals surface area contributed by atoms with Gasteiger partial charge in [-0.15, -0.1) is 11.3 Å². The fourth-order valence-corrected chi connectivity index (χ4v) is 3.08. The molecule has 0 saturated carbocycles. The molecule has 0 radical (unpaired) electrons. The van der Waals surface area contributed by atoms with Gasteiger partial charge in [0.1, 0.15) is 17.4 Å². The molecule has 25 heavy (non-hydrogen) atoms. The molecular formula is C19H17ClN2O2S. The third kappa shape index (κ3) is 5.05. The highest BCUT2D eigenvalue weighted by molar-refractivity contribution is 7.09. The molecule has 4 nitrogen and oxygen atoms in total. The smallest absolute Gasteiger partial charge is 0.230 e. The summed E-state index contributed by atoms with van der Waals surface area (Å²) in [6, 6.07) is 14.9. The third-order valence-corrected chi connectivity index (χ3v) is 4.66. The van der Waals surface area contributed by atoms with E-state index < -0.39 is 0 Å². The Labute approximate surface area is 155 Å². The predicted octanol–water partition coefficient (Wildman–Crippen LogP) is 4.87. The van der Waals surface area contributed by atoms with Crippen molar-refractivity contribution in [1.29, 1.82) is 0 Å². The van der Waals surface area contributed by atoms with E-state index in [1.807, 2.05) is 48.7 Å². The summed E-state index contributed by atoms with van der Waals surface area (Å²) in [5, 5.41) is 6.30. The van der Waals surface area contributed by atoms with E-state index >= 15 is 0 Å². The van der Waals surface area contributed by atoms with Crippen LogP contribution in [0.1, 0.15) is 16.3 Å². The zero-order chi connectivity index (χ0) is 17.6. The van der Waals surface area contributed by atoms with Gasteiger partial charge in [-0.1, -0.05) is 29.8 Å². The van der Waals surface area contributed by atoms with Crippen molar-refractivity contribution in [2.45, 2.75) is 20.0 Å². The van der Waals surface area contributed by atoms with Crippen molar-refractivity contribution in [2.24, 2.45) is 0 Å². The highest BCUT2D eigenvalue weighted by atomic mass is 35.5. The minimum atomic E-state index is -0.0789. The number of halogens is 1. The van der Waals surface area contributed by atoms with Gasteiger partial charge in [0.05, 0.1) is 12.1 Å². The number of carbonyl (C=O) groups is 1. The van der Waals surface area contributed by atoms with Gasteiger partial charge in [0.25, 0.3) is 0 Å². The number of ether oxygens (including phenoxy) is 1. The Morgan fingerprint density at radius 3 is 2.72 bits per heavy atom. The third-order valence-electron chi connectivity index (χ3n) is 3.54. The summed E-state index contributed by atoms with van der Waals surface area (Å²) >= 11 is 7.33. The molecule has 1 amide bonds. The summed E-state index contributed by atoms with van der Waals surface area (Å²) in [7, 11) is 0. The first-order valence-corrected chi connectivity index (χ1v) is 9.03. The molecule has 0 aliphatic heterocycles. The van der Waals surface area contributed by atoms with E-state index in [0.717, 1.165) is 27.7 Å². The number of para-hydroxylation sites is 1. The van der Waals surface area contributed by atoms with E-state index in [1.165, 1.54) is 11.3 Å². The van der Waals surface area contributed by atoms with E-state index in [0.29, 0.717) is 11.6 Å². The van der Waals surface area contributed by atoms with E-state index in [4.69, 9.17) is 16.3 Å². The van der Waals surface area contributed by atoms with Crippen molar-refractivity contribution in [3.63, 3.8) is 0 Å². The maximum atomic E-state index is 12.2. The van der Waals surface area contributed by atoms with E-state index in [-0.39, 0.29) is 12.3 Å². The topological polar surface area (TPSA) is 51.2 Å². The number of hydrogen-bond donors (Lipinski definition) is 1. The molecule has 0 unspecified atom stereocenters. The average molecular weight is 373 g/mol. The summed E-state index contributed by atoms with van der Waals surface area (Å²) in [4.78, 5) is 16.6. The SMILES string of the molecule is Cc1ccccc1NC(=O)Cc1csc(COc2ccc(Cl)cc2)n1. The van der Waals surface area contributed by atoms with Crippen LogP contribution in [0.25, 0.3) is 0 Å². The number of thiazole rings is 1. The van der Waals surface area contributed by atoms with Crippen LogP contribution < -0.4 is 10.1 Å². The zero-order valence-corrected chi connectivity index (χ0v) is 15.2. The lowest BCUT2D eigenvalue weighted by Gasteiger charge is -2.07. The highest BCUT2D eigenvalue weighted by Gasteiger charge is 2.09. The number of amides is 1. The fraction of sp³-hybridized carbons (Fsp3) is 0.158. The van der Waals surface area contributed by atoms with Crippen molar-refractivity contribution in [1.82, 2.24) is 4.98 Å². The summed E-state index contributed by atoms with van der Waals surface area (Å²) in [6.07, 6.45) is 0.242. The standard InChI is InChI=1S/C19H17ClN2O2S/c1-13-4-2-3-5-17(13)22-18(23)10-15-12-25-19(21-15)11-24-16-8-6-14(20)7-9-16/h2-9,12H,10-11H2,1H3,(H,22,23). The molecule has 0 aliphatic rings. The van der Waals surface area contributed by atoms with E-state index in [1.54, 1.807) is 12.1 Å². The number of nitrogens with one attached hydrogen (secondary N) is 1. The highest BCUT2D eigenvalue weighted by Crippen LogP contribution is 2.19. The second-order valence-electron chi connectivity index (χ2n) is 5.52. The Kier molecular flexibility index (Phi) is 5.68. The summed E-state index contributed by atoms with van der Waals surface area (Å²) in [5.74, 6) is 0.656. The number of rotatable bonds is 6. The zero-order valence-electron chi connectivity index (χ0n) is 13.7. The van der Waals surface area contributed by atoms with Crippen LogP contribution in [0.4, 0.5) is 5.69 Å². The van der Waals surface area contributed by atoms with E-state index in [2.05, 4.69) is 10.3 Å². The molecule has 0 atom stereocenters. The molecule has 1 N–H and O–H groups in total. The molecule has 0 saturated heterocycles. The second kappa shape index (κ2) is 8.14. The normalized spacial score (nSPS) is 10.5. The van der Waals surface area contributed by atoms with Gasteiger partial charge in [0.2, 0.25) is 5.91 Å². The monoisotopic (exact) mass is 372 g/mol. The first-order chi connectivity index (χ1) is 12.1. The van der Waals surface area contributed by atoms with Crippen molar-refractivity contribution in [2.75, 3.05) is 5.32 Å². The van der Waals surface area contributed by atoms with Gasteiger partial charge < -0.3 is 10.1 Å². The van der Waals surface area contributed by atoms with Crippen LogP contribution in [-0.2, 0) is 17.8 Å². The molecule has 3 aromatic rings. The lowest BCUT2D eigenvalue weighted by Crippen LogP contribution is -2.15. The molecule has 0 fully saturated rings. The number of aryl methyl sites for hydroxylation is 1. The van der Waals surface area contributed by atoms with Crippen LogP contribution in [0.15, 0.2) is 53.9 Å². The lowest BCUT2D eigenvalue weighted by molar-refractivity contribution is -0.115. The van der Waals surface area contributed by atoms with Gasteiger partial charge in [0.15, 0.2) is 0 Å². The molecule has 6 heteroatoms. The number of hydrogen-bond acceptors (Lipinski definition) is 4. The quantitative estimate of drug-likeness (QED) is 0.671. The van der Waals surface area contributed by atoms with Crippen LogP contribution in [-0.4, -0.2) is 10.9 Å². The molecular weight excluding hydrogens is 356 g/mol. The first kappa shape index (κ1) is 17.5. The maximum Gasteiger partial charge on any atom is 0.230 e. The van der Waals surface area contributed by atoms with Gasteiger partial charge in [-0.3, -0.25) is 4.79 Å². The fourth-order valence-electron chi connectivity index (χ4n) is 2.24. The number of aromatic nitrogens is 1. The van der Waals surface area contributed by atoms with Gasteiger partial charge in [0, 0.05) is 16.1 Å². The second-order valence-corrected chi connectivity index (χ2v) is 6.89. The molecule has 3 rings (SSSR count). The van der Waals surface area contributed by atoms with Gasteiger partial charge in [-0.2, -0.15) is 0 Å². The molecule has 0 bridgehead atoms. The Bertz CT molecular complexity index is 862. The van der Waals surface area contributed by atoms with Crippen LogP contribution in [0.3, 0.4) is 0 Å². The van der Waals surface area contributed by atoms with Crippen LogP contribution in [0.2, 0.25) is 5.02 Å². The Balaban J connectivity index is 1.53. The minimum Gasteiger partial charge on any atom is -0.486 e. The molecule has 0 spiro atoms. The number of nitrogens with zero attached hydrogens (tertiary/aromatic N) is 1. The van der Waals surface area contributed by atoms with Gasteiger partial charge >= 0.3 is 0 Å². The van der Waals surface area contributed by atoms with Crippen molar-refractivity contribution >= 4 is 34.5 Å². The van der Waals surface area contributed by atoms with Crippen molar-refractivity contribution in [3.05, 3.63) is 75.2 Å². The molecule has 1 aromatic heterocycles. The van der Waals surface area contributed by atoms with Crippen molar-refractivity contribution in [3.8, 4) is 5.75 Å². The molecule has 2 aromatic carbocycles. The van der Waals surface area contributed by atoms with Crippen LogP contribution in [0.5, 0.6) is 5.75 Å². The van der Waals surface area contributed by atoms with Gasteiger partial charge in [-0.05, 0) is 42.8 Å². The van der Waals surface area contributed by atoms with Crippen LogP contribution >= 0.6 is 22.9 Å². The summed E-state index contributed by atoms with van der Waals surface area (Å²) < 4.78 is 5.67. The maximum absolute atomic E-state index is 12.2. The Hall–Kier alpha value is -2.37. The van der Waals surface area contributed by atoms with Crippen LogP contribution in [0, 0.1) is 6.92 Å². The number of anilines is 1. The van der Waals surface area contributed by atoms with Gasteiger partial charge in [-0.25, -0.2) is 4.98 Å². The summed E-state index contributed by atoms with van der Waals surface area (Å²) in [5.41, 5.74) is 2.60.